The van der Waals surface area contributed by atoms with E-state index in [4.69, 9.17) is 4.74 Å². The summed E-state index contributed by atoms with van der Waals surface area (Å²) in [6.07, 6.45) is -3.81. The van der Waals surface area contributed by atoms with Gasteiger partial charge in [-0.2, -0.15) is 0 Å². The number of rotatable bonds is 5. The van der Waals surface area contributed by atoms with Gasteiger partial charge in [-0.15, -0.1) is 18.3 Å². The van der Waals surface area contributed by atoms with Gasteiger partial charge in [-0.05, 0) is 47.5 Å². The average molecular weight is 371 g/mol. The van der Waals surface area contributed by atoms with Crippen molar-refractivity contribution in [3.63, 3.8) is 0 Å². The Morgan fingerprint density at radius 1 is 1.19 bits per heavy atom. The second-order valence-corrected chi connectivity index (χ2v) is 5.68. The van der Waals surface area contributed by atoms with Crippen LogP contribution in [0.5, 0.6) is 5.75 Å². The van der Waals surface area contributed by atoms with Crippen LogP contribution in [-0.4, -0.2) is 63.2 Å². The van der Waals surface area contributed by atoms with Gasteiger partial charge in [-0.25, -0.2) is 4.68 Å². The molecule has 0 atom stereocenters. The van der Waals surface area contributed by atoms with Crippen LogP contribution in [0, 0.1) is 0 Å². The summed E-state index contributed by atoms with van der Waals surface area (Å²) in [7, 11) is 0. The third-order valence-corrected chi connectivity index (χ3v) is 3.91. The van der Waals surface area contributed by atoms with Crippen molar-refractivity contribution in [3.8, 4) is 11.4 Å². The zero-order chi connectivity index (χ0) is 18.6. The van der Waals surface area contributed by atoms with Gasteiger partial charge >= 0.3 is 6.36 Å². The molecule has 2 heterocycles. The fourth-order valence-corrected chi connectivity index (χ4v) is 2.62. The smallest absolute Gasteiger partial charge is 0.484 e. The van der Waals surface area contributed by atoms with E-state index in [0.717, 1.165) is 5.69 Å². The monoisotopic (exact) mass is 371 g/mol. The molecular weight excluding hydrogens is 355 g/mol. The number of ether oxygens (including phenoxy) is 2. The van der Waals surface area contributed by atoms with Gasteiger partial charge in [0.05, 0.1) is 11.8 Å². The number of amides is 1. The lowest BCUT2D eigenvalue weighted by atomic mass is 10.1. The molecule has 0 N–H and O–H groups in total. The highest BCUT2D eigenvalue weighted by atomic mass is 19.4. The van der Waals surface area contributed by atoms with Crippen LogP contribution in [0.25, 0.3) is 5.69 Å². The zero-order valence-electron chi connectivity index (χ0n) is 13.6. The van der Waals surface area contributed by atoms with E-state index in [-0.39, 0.29) is 38.4 Å². The first-order chi connectivity index (χ1) is 12.4. The standard InChI is InChI=1S/C15H16F3N5O3/c16-15(17,18)26-13-5-7-22(8-6-13)14(24)9-25-12-3-1-11(2-4-12)23-10-19-20-21-23/h1-4,10,13H,5-9H2. The number of aromatic nitrogens is 4. The number of piperidine rings is 1. The summed E-state index contributed by atoms with van der Waals surface area (Å²) in [5.41, 5.74) is 0.736. The number of hydrogen-bond acceptors (Lipinski definition) is 6. The van der Waals surface area contributed by atoms with Crippen LogP contribution in [-0.2, 0) is 9.53 Å². The Labute approximate surface area is 146 Å². The Morgan fingerprint density at radius 3 is 2.46 bits per heavy atom. The predicted octanol–water partition coefficient (Wildman–Crippen LogP) is 1.57. The van der Waals surface area contributed by atoms with Gasteiger partial charge in [0, 0.05) is 13.1 Å². The lowest BCUT2D eigenvalue weighted by Gasteiger charge is -2.32. The van der Waals surface area contributed by atoms with Gasteiger partial charge in [-0.1, -0.05) is 0 Å². The normalized spacial score (nSPS) is 15.9. The summed E-state index contributed by atoms with van der Waals surface area (Å²) >= 11 is 0. The molecule has 0 bridgehead atoms. The van der Waals surface area contributed by atoms with E-state index in [9.17, 15) is 18.0 Å². The molecule has 0 unspecified atom stereocenters. The first-order valence-electron chi connectivity index (χ1n) is 7.89. The van der Waals surface area contributed by atoms with Crippen LogP contribution in [0.1, 0.15) is 12.8 Å². The van der Waals surface area contributed by atoms with Crippen molar-refractivity contribution in [1.82, 2.24) is 25.1 Å². The van der Waals surface area contributed by atoms with Gasteiger partial charge < -0.3 is 9.64 Å². The zero-order valence-corrected chi connectivity index (χ0v) is 13.6. The predicted molar refractivity (Wildman–Crippen MR) is 81.4 cm³/mol. The SMILES string of the molecule is O=C(COc1ccc(-n2cnnn2)cc1)N1CCC(OC(F)(F)F)CC1. The molecule has 0 aliphatic carbocycles. The van der Waals surface area contributed by atoms with Gasteiger partial charge in [0.15, 0.2) is 6.61 Å². The molecule has 140 valence electrons. The minimum Gasteiger partial charge on any atom is -0.484 e. The van der Waals surface area contributed by atoms with Crippen molar-refractivity contribution < 1.29 is 27.4 Å². The lowest BCUT2D eigenvalue weighted by molar-refractivity contribution is -0.345. The summed E-state index contributed by atoms with van der Waals surface area (Å²) in [5, 5.41) is 10.8. The summed E-state index contributed by atoms with van der Waals surface area (Å²) in [4.78, 5) is 13.6. The first-order valence-corrected chi connectivity index (χ1v) is 7.89. The van der Waals surface area contributed by atoms with Crippen molar-refractivity contribution >= 4 is 5.91 Å². The van der Waals surface area contributed by atoms with E-state index < -0.39 is 12.5 Å². The molecule has 1 amide bonds. The Bertz CT molecular complexity index is 713. The maximum atomic E-state index is 12.2. The van der Waals surface area contributed by atoms with Gasteiger partial charge in [0.2, 0.25) is 0 Å². The van der Waals surface area contributed by atoms with Crippen molar-refractivity contribution in [1.29, 1.82) is 0 Å². The molecule has 11 heteroatoms. The molecule has 26 heavy (non-hydrogen) atoms. The summed E-state index contributed by atoms with van der Waals surface area (Å²) < 4.78 is 47.5. The highest BCUT2D eigenvalue weighted by Gasteiger charge is 2.35. The maximum Gasteiger partial charge on any atom is 0.522 e. The molecule has 0 radical (unpaired) electrons. The summed E-state index contributed by atoms with van der Waals surface area (Å²) in [5.74, 6) is 0.213. The van der Waals surface area contributed by atoms with E-state index in [1.165, 1.54) is 15.9 Å². The van der Waals surface area contributed by atoms with Crippen LogP contribution in [0.4, 0.5) is 13.2 Å². The topological polar surface area (TPSA) is 82.4 Å². The van der Waals surface area contributed by atoms with E-state index in [0.29, 0.717) is 5.75 Å². The minimum absolute atomic E-state index is 0.145. The van der Waals surface area contributed by atoms with Crippen LogP contribution in [0.3, 0.4) is 0 Å². The van der Waals surface area contributed by atoms with Crippen LogP contribution in [0.15, 0.2) is 30.6 Å². The number of nitrogens with zero attached hydrogens (tertiary/aromatic N) is 5. The molecule has 1 aromatic heterocycles. The minimum atomic E-state index is -4.64. The Hall–Kier alpha value is -2.69. The molecule has 1 aromatic carbocycles. The molecule has 0 saturated carbocycles. The largest absolute Gasteiger partial charge is 0.522 e. The molecule has 1 saturated heterocycles. The first kappa shape index (κ1) is 18.1. The number of hydrogen-bond donors (Lipinski definition) is 0. The number of benzene rings is 1. The summed E-state index contributed by atoms with van der Waals surface area (Å²) in [6, 6.07) is 6.81. The van der Waals surface area contributed by atoms with Gasteiger partial charge in [0.25, 0.3) is 5.91 Å². The molecule has 1 aliphatic rings. The molecule has 1 fully saturated rings. The number of likely N-dealkylation sites (tertiary alicyclic amines) is 1. The quantitative estimate of drug-likeness (QED) is 0.794. The van der Waals surface area contributed by atoms with Crippen molar-refractivity contribution in [2.45, 2.75) is 25.3 Å². The van der Waals surface area contributed by atoms with Crippen molar-refractivity contribution in [3.05, 3.63) is 30.6 Å². The number of tetrazole rings is 1. The molecule has 0 spiro atoms. The number of halogens is 3. The maximum absolute atomic E-state index is 12.2. The van der Waals surface area contributed by atoms with E-state index >= 15 is 0 Å². The summed E-state index contributed by atoms with van der Waals surface area (Å²) in [6.45, 7) is 0.234. The van der Waals surface area contributed by atoms with Gasteiger partial charge in [0.1, 0.15) is 12.1 Å². The molecule has 8 nitrogen and oxygen atoms in total. The lowest BCUT2D eigenvalue weighted by Crippen LogP contribution is -2.44. The Morgan fingerprint density at radius 2 is 1.88 bits per heavy atom. The molecule has 1 aliphatic heterocycles. The van der Waals surface area contributed by atoms with Crippen molar-refractivity contribution in [2.75, 3.05) is 19.7 Å². The van der Waals surface area contributed by atoms with Crippen molar-refractivity contribution in [2.24, 2.45) is 0 Å². The third kappa shape index (κ3) is 4.91. The van der Waals surface area contributed by atoms with E-state index in [1.807, 2.05) is 0 Å². The molecule has 3 rings (SSSR count). The highest BCUT2D eigenvalue weighted by molar-refractivity contribution is 5.77. The fourth-order valence-electron chi connectivity index (χ4n) is 2.62. The highest BCUT2D eigenvalue weighted by Crippen LogP contribution is 2.24. The van der Waals surface area contributed by atoms with Crippen LogP contribution < -0.4 is 4.74 Å². The number of carbonyl (C=O) groups excluding carboxylic acids is 1. The fraction of sp³-hybridized carbons (Fsp3) is 0.467. The van der Waals surface area contributed by atoms with Crippen LogP contribution in [0.2, 0.25) is 0 Å². The number of alkyl halides is 3. The Kier molecular flexibility index (Phi) is 5.35. The van der Waals surface area contributed by atoms with E-state index in [1.54, 1.807) is 24.3 Å². The second kappa shape index (κ2) is 7.68. The van der Waals surface area contributed by atoms with Gasteiger partial charge in [-0.3, -0.25) is 9.53 Å². The second-order valence-electron chi connectivity index (χ2n) is 5.68. The molecule has 2 aromatic rings. The molecular formula is C15H16F3N5O3. The van der Waals surface area contributed by atoms with Crippen LogP contribution >= 0.6 is 0 Å². The average Bonchev–Trinajstić information content (AvgIpc) is 3.14. The van der Waals surface area contributed by atoms with E-state index in [2.05, 4.69) is 20.3 Å². The number of carbonyl (C=O) groups is 1. The third-order valence-electron chi connectivity index (χ3n) is 3.91. The Balaban J connectivity index is 1.44.